The summed E-state index contributed by atoms with van der Waals surface area (Å²) in [6, 6.07) is 19.3. The molecule has 2 N–H and O–H groups in total. The van der Waals surface area contributed by atoms with Crippen LogP contribution in [-0.4, -0.2) is 41.4 Å². The van der Waals surface area contributed by atoms with E-state index in [1.54, 1.807) is 0 Å². The summed E-state index contributed by atoms with van der Waals surface area (Å²) in [7, 11) is 0. The molecule has 1 aliphatic rings. The van der Waals surface area contributed by atoms with Crippen molar-refractivity contribution in [2.75, 3.05) is 6.61 Å². The lowest BCUT2D eigenvalue weighted by Gasteiger charge is -2.38. The highest BCUT2D eigenvalue weighted by Crippen LogP contribution is 2.22. The number of aliphatic hydroxyl groups excluding tert-OH is 2. The Morgan fingerprint density at radius 1 is 0.792 bits per heavy atom. The highest BCUT2D eigenvalue weighted by atomic mass is 16.7. The average Bonchev–Trinajstić information content (AvgIpc) is 2.63. The molecule has 2 aromatic rings. The fraction of sp³-hybridized carbons (Fsp3) is 0.368. The van der Waals surface area contributed by atoms with Gasteiger partial charge in [-0.2, -0.15) is 0 Å². The van der Waals surface area contributed by atoms with E-state index in [-0.39, 0.29) is 6.61 Å². The first-order chi connectivity index (χ1) is 11.7. The summed E-state index contributed by atoms with van der Waals surface area (Å²) >= 11 is 0. The number of ether oxygens (including phenoxy) is 3. The zero-order valence-corrected chi connectivity index (χ0v) is 13.3. The minimum Gasteiger partial charge on any atom is -0.388 e. The molecule has 24 heavy (non-hydrogen) atoms. The van der Waals surface area contributed by atoms with Crippen LogP contribution in [0.15, 0.2) is 60.7 Å². The van der Waals surface area contributed by atoms with Crippen LogP contribution in [0.3, 0.4) is 0 Å². The third-order valence-corrected chi connectivity index (χ3v) is 3.99. The number of hydrogen-bond acceptors (Lipinski definition) is 5. The van der Waals surface area contributed by atoms with Crippen molar-refractivity contribution < 1.29 is 24.4 Å². The summed E-state index contributed by atoms with van der Waals surface area (Å²) < 4.78 is 16.8. The SMILES string of the molecule is O[C@@H]1OC[C@H](O)[C@@H](OCc2ccccc2)[C@@H]1OCc1ccccc1. The van der Waals surface area contributed by atoms with E-state index < -0.39 is 24.6 Å². The van der Waals surface area contributed by atoms with Gasteiger partial charge in [0.05, 0.1) is 19.8 Å². The van der Waals surface area contributed by atoms with Crippen molar-refractivity contribution in [2.24, 2.45) is 0 Å². The van der Waals surface area contributed by atoms with Gasteiger partial charge in [0.2, 0.25) is 0 Å². The zero-order valence-electron chi connectivity index (χ0n) is 13.3. The molecule has 0 saturated carbocycles. The van der Waals surface area contributed by atoms with Crippen LogP contribution in [0, 0.1) is 0 Å². The van der Waals surface area contributed by atoms with Gasteiger partial charge in [-0.05, 0) is 11.1 Å². The van der Waals surface area contributed by atoms with Gasteiger partial charge >= 0.3 is 0 Å². The summed E-state index contributed by atoms with van der Waals surface area (Å²) in [5.74, 6) is 0. The van der Waals surface area contributed by atoms with Gasteiger partial charge in [-0.1, -0.05) is 60.7 Å². The minimum absolute atomic E-state index is 0.0197. The highest BCUT2D eigenvalue weighted by Gasteiger charge is 2.40. The zero-order chi connectivity index (χ0) is 16.8. The molecule has 2 aromatic carbocycles. The Balaban J connectivity index is 1.63. The maximum atomic E-state index is 10.2. The number of rotatable bonds is 6. The summed E-state index contributed by atoms with van der Waals surface area (Å²) in [6.07, 6.45) is -3.38. The second-order valence-corrected chi connectivity index (χ2v) is 5.81. The topological polar surface area (TPSA) is 68.2 Å². The van der Waals surface area contributed by atoms with E-state index in [2.05, 4.69) is 0 Å². The molecule has 0 spiro atoms. The predicted molar refractivity (Wildman–Crippen MR) is 88.0 cm³/mol. The van der Waals surface area contributed by atoms with Gasteiger partial charge in [0.1, 0.15) is 18.3 Å². The predicted octanol–water partition coefficient (Wildman–Crippen LogP) is 1.87. The Kier molecular flexibility index (Phi) is 5.96. The molecule has 0 aliphatic carbocycles. The molecule has 0 aromatic heterocycles. The molecular formula is C19H22O5. The molecule has 0 amide bonds. The molecule has 0 unspecified atom stereocenters. The van der Waals surface area contributed by atoms with E-state index in [4.69, 9.17) is 14.2 Å². The summed E-state index contributed by atoms with van der Waals surface area (Å²) in [6.45, 7) is 0.663. The molecule has 1 fully saturated rings. The van der Waals surface area contributed by atoms with E-state index in [1.807, 2.05) is 60.7 Å². The second-order valence-electron chi connectivity index (χ2n) is 5.81. The lowest BCUT2D eigenvalue weighted by Crippen LogP contribution is -2.55. The molecule has 1 heterocycles. The number of aliphatic hydroxyl groups is 2. The molecule has 1 aliphatic heterocycles. The van der Waals surface area contributed by atoms with Crippen LogP contribution in [0.2, 0.25) is 0 Å². The maximum Gasteiger partial charge on any atom is 0.183 e. The maximum absolute atomic E-state index is 10.2. The molecular weight excluding hydrogens is 308 g/mol. The van der Waals surface area contributed by atoms with E-state index in [0.29, 0.717) is 13.2 Å². The van der Waals surface area contributed by atoms with Crippen LogP contribution in [0.4, 0.5) is 0 Å². The molecule has 0 bridgehead atoms. The molecule has 1 saturated heterocycles. The summed E-state index contributed by atoms with van der Waals surface area (Å²) in [4.78, 5) is 0. The van der Waals surface area contributed by atoms with E-state index in [0.717, 1.165) is 11.1 Å². The van der Waals surface area contributed by atoms with Crippen molar-refractivity contribution in [3.63, 3.8) is 0 Å². The van der Waals surface area contributed by atoms with Gasteiger partial charge in [-0.3, -0.25) is 0 Å². The first-order valence-electron chi connectivity index (χ1n) is 8.03. The average molecular weight is 330 g/mol. The highest BCUT2D eigenvalue weighted by molar-refractivity contribution is 5.14. The van der Waals surface area contributed by atoms with Gasteiger partial charge in [-0.25, -0.2) is 0 Å². The molecule has 0 radical (unpaired) electrons. The van der Waals surface area contributed by atoms with Gasteiger partial charge in [-0.15, -0.1) is 0 Å². The van der Waals surface area contributed by atoms with Gasteiger partial charge in [0.25, 0.3) is 0 Å². The van der Waals surface area contributed by atoms with Gasteiger partial charge < -0.3 is 24.4 Å². The van der Waals surface area contributed by atoms with Crippen LogP contribution in [0.5, 0.6) is 0 Å². The third-order valence-electron chi connectivity index (χ3n) is 3.99. The van der Waals surface area contributed by atoms with E-state index in [9.17, 15) is 10.2 Å². The van der Waals surface area contributed by atoms with Crippen molar-refractivity contribution in [3.8, 4) is 0 Å². The fourth-order valence-corrected chi connectivity index (χ4v) is 2.68. The molecule has 3 rings (SSSR count). The standard InChI is InChI=1S/C19H22O5/c20-16-13-24-19(21)18(23-12-15-9-5-2-6-10-15)17(16)22-11-14-7-3-1-4-8-14/h1-10,16-21H,11-13H2/t16-,17+,18-,19+/m0/s1. The Bertz CT molecular complexity index is 548. The van der Waals surface area contributed by atoms with Crippen molar-refractivity contribution in [3.05, 3.63) is 71.8 Å². The first-order valence-corrected chi connectivity index (χ1v) is 8.03. The smallest absolute Gasteiger partial charge is 0.183 e. The molecule has 4 atom stereocenters. The van der Waals surface area contributed by atoms with Crippen LogP contribution in [0.25, 0.3) is 0 Å². The minimum atomic E-state index is -1.13. The second kappa shape index (κ2) is 8.37. The van der Waals surface area contributed by atoms with E-state index >= 15 is 0 Å². The molecule has 5 heteroatoms. The third kappa shape index (κ3) is 4.41. The monoisotopic (exact) mass is 330 g/mol. The largest absolute Gasteiger partial charge is 0.388 e. The van der Waals surface area contributed by atoms with Crippen molar-refractivity contribution in [1.82, 2.24) is 0 Å². The number of benzene rings is 2. The van der Waals surface area contributed by atoms with Crippen LogP contribution >= 0.6 is 0 Å². The Labute approximate surface area is 141 Å². The quantitative estimate of drug-likeness (QED) is 0.846. The molecule has 5 nitrogen and oxygen atoms in total. The Morgan fingerprint density at radius 3 is 1.83 bits per heavy atom. The Hall–Kier alpha value is -1.76. The molecule has 128 valence electrons. The summed E-state index contributed by atoms with van der Waals surface area (Å²) in [5.41, 5.74) is 1.97. The van der Waals surface area contributed by atoms with Crippen LogP contribution in [-0.2, 0) is 27.4 Å². The lowest BCUT2D eigenvalue weighted by atomic mass is 10.0. The van der Waals surface area contributed by atoms with Crippen LogP contribution < -0.4 is 0 Å². The fourth-order valence-electron chi connectivity index (χ4n) is 2.68. The summed E-state index contributed by atoms with van der Waals surface area (Å²) in [5, 5.41) is 20.3. The van der Waals surface area contributed by atoms with Gasteiger partial charge in [0.15, 0.2) is 6.29 Å². The lowest BCUT2D eigenvalue weighted by molar-refractivity contribution is -0.278. The normalized spacial score (nSPS) is 27.1. The Morgan fingerprint density at radius 2 is 1.29 bits per heavy atom. The van der Waals surface area contributed by atoms with Crippen molar-refractivity contribution >= 4 is 0 Å². The first kappa shape index (κ1) is 17.1. The van der Waals surface area contributed by atoms with Crippen molar-refractivity contribution in [2.45, 2.75) is 37.8 Å². The van der Waals surface area contributed by atoms with Crippen LogP contribution in [0.1, 0.15) is 11.1 Å². The van der Waals surface area contributed by atoms with Crippen molar-refractivity contribution in [1.29, 1.82) is 0 Å². The van der Waals surface area contributed by atoms with E-state index in [1.165, 1.54) is 0 Å². The van der Waals surface area contributed by atoms with Gasteiger partial charge in [0, 0.05) is 0 Å². The number of hydrogen-bond donors (Lipinski definition) is 2.